The number of hydrogen-bond acceptors (Lipinski definition) is 1. The first-order valence-corrected chi connectivity index (χ1v) is 5.64. The molecule has 0 aromatic heterocycles. The van der Waals surface area contributed by atoms with E-state index in [1.807, 2.05) is 0 Å². The molecule has 0 amide bonds. The first kappa shape index (κ1) is 16.1. The standard InChI is InChI=1S/C10H6BrF6O2/c11-7(8(18)9(12,13)14)5-1-3-6(4-2-5)19-10(15,16)17/h1-4,7-8H. The summed E-state index contributed by atoms with van der Waals surface area (Å²) in [7, 11) is 0. The zero-order valence-electron chi connectivity index (χ0n) is 8.93. The molecule has 0 spiro atoms. The van der Waals surface area contributed by atoms with E-state index in [1.165, 1.54) is 0 Å². The van der Waals surface area contributed by atoms with Crippen LogP contribution in [0.3, 0.4) is 0 Å². The van der Waals surface area contributed by atoms with Crippen LogP contribution in [0.4, 0.5) is 26.3 Å². The maximum absolute atomic E-state index is 12.2. The van der Waals surface area contributed by atoms with Gasteiger partial charge in [-0.3, -0.25) is 0 Å². The Kier molecular flexibility index (Phi) is 4.72. The minimum Gasteiger partial charge on any atom is -0.406 e. The predicted octanol–water partition coefficient (Wildman–Crippen LogP) is 4.38. The molecular weight excluding hydrogens is 346 g/mol. The van der Waals surface area contributed by atoms with E-state index < -0.39 is 29.2 Å². The summed E-state index contributed by atoms with van der Waals surface area (Å²) in [6.45, 7) is 0. The van der Waals surface area contributed by atoms with Gasteiger partial charge in [0.2, 0.25) is 6.10 Å². The van der Waals surface area contributed by atoms with Gasteiger partial charge >= 0.3 is 12.5 Å². The molecule has 0 saturated heterocycles. The van der Waals surface area contributed by atoms with Crippen molar-refractivity contribution in [2.75, 3.05) is 0 Å². The van der Waals surface area contributed by atoms with E-state index in [4.69, 9.17) is 0 Å². The number of hydrogen-bond donors (Lipinski definition) is 0. The second-order valence-corrected chi connectivity index (χ2v) is 4.47. The third kappa shape index (κ3) is 4.90. The van der Waals surface area contributed by atoms with Crippen molar-refractivity contribution in [3.8, 4) is 5.75 Å². The van der Waals surface area contributed by atoms with Crippen LogP contribution in [0.2, 0.25) is 0 Å². The van der Waals surface area contributed by atoms with Gasteiger partial charge in [0, 0.05) is 0 Å². The number of alkyl halides is 7. The third-order valence-electron chi connectivity index (χ3n) is 2.02. The molecule has 9 heteroatoms. The molecule has 1 aromatic carbocycles. The number of ether oxygens (including phenoxy) is 1. The monoisotopic (exact) mass is 351 g/mol. The summed E-state index contributed by atoms with van der Waals surface area (Å²) in [6.07, 6.45) is -12.8. The van der Waals surface area contributed by atoms with Gasteiger partial charge in [-0.1, -0.05) is 28.1 Å². The number of rotatable bonds is 3. The van der Waals surface area contributed by atoms with Crippen LogP contribution in [-0.4, -0.2) is 18.6 Å². The highest BCUT2D eigenvalue weighted by molar-refractivity contribution is 9.09. The maximum Gasteiger partial charge on any atom is 0.573 e. The molecule has 0 heterocycles. The van der Waals surface area contributed by atoms with E-state index in [-0.39, 0.29) is 5.56 Å². The van der Waals surface area contributed by atoms with Crippen LogP contribution in [0.5, 0.6) is 5.75 Å². The molecule has 1 radical (unpaired) electrons. The fourth-order valence-electron chi connectivity index (χ4n) is 1.19. The SMILES string of the molecule is [O]C(C(Br)c1ccc(OC(F)(F)F)cc1)C(F)(F)F. The van der Waals surface area contributed by atoms with Crippen LogP contribution < -0.4 is 4.74 Å². The first-order chi connectivity index (χ1) is 8.50. The number of benzene rings is 1. The largest absolute Gasteiger partial charge is 0.573 e. The lowest BCUT2D eigenvalue weighted by Gasteiger charge is -2.18. The van der Waals surface area contributed by atoms with Crippen LogP contribution in [0.15, 0.2) is 24.3 Å². The van der Waals surface area contributed by atoms with Gasteiger partial charge in [-0.05, 0) is 17.7 Å². The molecular formula is C10H6BrF6O2. The summed E-state index contributed by atoms with van der Waals surface area (Å²) in [4.78, 5) is -1.59. The predicted molar refractivity (Wildman–Crippen MR) is 55.3 cm³/mol. The van der Waals surface area contributed by atoms with Crippen molar-refractivity contribution >= 4 is 15.9 Å². The molecule has 0 saturated carbocycles. The maximum atomic E-state index is 12.2. The molecule has 0 aliphatic rings. The lowest BCUT2D eigenvalue weighted by molar-refractivity contribution is -0.274. The molecule has 0 aliphatic carbocycles. The Morgan fingerprint density at radius 1 is 1.00 bits per heavy atom. The first-order valence-electron chi connectivity index (χ1n) is 4.73. The molecule has 0 bridgehead atoms. The zero-order valence-corrected chi connectivity index (χ0v) is 10.5. The number of halogens is 7. The Labute approximate surface area is 112 Å². The third-order valence-corrected chi connectivity index (χ3v) is 3.03. The quantitative estimate of drug-likeness (QED) is 0.586. The summed E-state index contributed by atoms with van der Waals surface area (Å²) in [5.74, 6) is -0.578. The van der Waals surface area contributed by atoms with Crippen molar-refractivity contribution in [3.63, 3.8) is 0 Å². The van der Waals surface area contributed by atoms with Crippen LogP contribution in [0.25, 0.3) is 0 Å². The Hall–Kier alpha value is -0.960. The van der Waals surface area contributed by atoms with Crippen molar-refractivity contribution in [2.24, 2.45) is 0 Å². The van der Waals surface area contributed by atoms with Crippen LogP contribution >= 0.6 is 15.9 Å². The van der Waals surface area contributed by atoms with Crippen LogP contribution in [0.1, 0.15) is 10.4 Å². The molecule has 107 valence electrons. The summed E-state index contributed by atoms with van der Waals surface area (Å²) < 4.78 is 75.6. The molecule has 2 atom stereocenters. The van der Waals surface area contributed by atoms with Crippen molar-refractivity contribution in [1.82, 2.24) is 0 Å². The lowest BCUT2D eigenvalue weighted by Crippen LogP contribution is -2.30. The molecule has 0 aliphatic heterocycles. The summed E-state index contributed by atoms with van der Waals surface area (Å²) in [5.41, 5.74) is -0.0909. The van der Waals surface area contributed by atoms with Crippen molar-refractivity contribution in [2.45, 2.75) is 23.5 Å². The second-order valence-electron chi connectivity index (χ2n) is 3.48. The van der Waals surface area contributed by atoms with Crippen molar-refractivity contribution in [1.29, 1.82) is 0 Å². The fourth-order valence-corrected chi connectivity index (χ4v) is 1.80. The normalized spacial score (nSPS) is 16.0. The average Bonchev–Trinajstić information content (AvgIpc) is 2.24. The molecule has 1 aromatic rings. The zero-order chi connectivity index (χ0) is 14.8. The molecule has 0 fully saturated rings. The van der Waals surface area contributed by atoms with E-state index in [1.54, 1.807) is 0 Å². The molecule has 19 heavy (non-hydrogen) atoms. The van der Waals surface area contributed by atoms with Gasteiger partial charge in [0.1, 0.15) is 5.75 Å². The van der Waals surface area contributed by atoms with Gasteiger partial charge in [-0.25, -0.2) is 5.11 Å². The molecule has 1 rings (SSSR count). The smallest absolute Gasteiger partial charge is 0.406 e. The van der Waals surface area contributed by atoms with Crippen LogP contribution in [0, 0.1) is 0 Å². The van der Waals surface area contributed by atoms with Crippen LogP contribution in [-0.2, 0) is 5.11 Å². The van der Waals surface area contributed by atoms with E-state index in [9.17, 15) is 31.4 Å². The minimum atomic E-state index is -4.95. The Bertz CT molecular complexity index is 414. The van der Waals surface area contributed by atoms with E-state index in [0.717, 1.165) is 24.3 Å². The van der Waals surface area contributed by atoms with Gasteiger partial charge < -0.3 is 4.74 Å². The average molecular weight is 352 g/mol. The Morgan fingerprint density at radius 3 is 1.84 bits per heavy atom. The van der Waals surface area contributed by atoms with Gasteiger partial charge in [0.15, 0.2) is 0 Å². The summed E-state index contributed by atoms with van der Waals surface area (Å²) >= 11 is 2.58. The van der Waals surface area contributed by atoms with E-state index >= 15 is 0 Å². The highest BCUT2D eigenvalue weighted by atomic mass is 79.9. The Balaban J connectivity index is 2.82. The molecule has 0 N–H and O–H groups in total. The van der Waals surface area contributed by atoms with Gasteiger partial charge in [-0.2, -0.15) is 13.2 Å². The van der Waals surface area contributed by atoms with Gasteiger partial charge in [-0.15, -0.1) is 13.2 Å². The molecule has 2 unspecified atom stereocenters. The van der Waals surface area contributed by atoms with E-state index in [0.29, 0.717) is 0 Å². The van der Waals surface area contributed by atoms with Gasteiger partial charge in [0.25, 0.3) is 0 Å². The van der Waals surface area contributed by atoms with E-state index in [2.05, 4.69) is 20.7 Å². The second kappa shape index (κ2) is 5.58. The summed E-state index contributed by atoms with van der Waals surface area (Å²) in [5, 5.41) is 11.0. The molecule has 2 nitrogen and oxygen atoms in total. The lowest BCUT2D eigenvalue weighted by atomic mass is 10.1. The van der Waals surface area contributed by atoms with Gasteiger partial charge in [0.05, 0.1) is 4.83 Å². The summed E-state index contributed by atoms with van der Waals surface area (Å²) in [6, 6.07) is 3.58. The topological polar surface area (TPSA) is 29.1 Å². The highest BCUT2D eigenvalue weighted by Crippen LogP contribution is 2.37. The fraction of sp³-hybridized carbons (Fsp3) is 0.400. The van der Waals surface area contributed by atoms with Crippen molar-refractivity contribution in [3.05, 3.63) is 29.8 Å². The minimum absolute atomic E-state index is 0.0909. The highest BCUT2D eigenvalue weighted by Gasteiger charge is 2.44. The van der Waals surface area contributed by atoms with Crippen molar-refractivity contribution < 1.29 is 36.2 Å². The Morgan fingerprint density at radius 2 is 1.47 bits per heavy atom.